The second-order valence-corrected chi connectivity index (χ2v) is 8.53. The summed E-state index contributed by atoms with van der Waals surface area (Å²) in [6.45, 7) is 6.03. The predicted molar refractivity (Wildman–Crippen MR) is 119 cm³/mol. The van der Waals surface area contributed by atoms with Crippen molar-refractivity contribution in [2.45, 2.75) is 70.1 Å². The second-order valence-electron chi connectivity index (χ2n) is 8.53. The van der Waals surface area contributed by atoms with Crippen LogP contribution in [0.2, 0.25) is 0 Å². The smallest absolute Gasteiger partial charge is 0.239 e. The van der Waals surface area contributed by atoms with Gasteiger partial charge in [-0.1, -0.05) is 43.2 Å². The minimum Gasteiger partial charge on any atom is -0.340 e. The molecule has 28 heavy (non-hydrogen) atoms. The molecule has 6 heteroatoms. The van der Waals surface area contributed by atoms with E-state index in [1.165, 1.54) is 31.2 Å². The van der Waals surface area contributed by atoms with Crippen LogP contribution in [0.3, 0.4) is 0 Å². The second kappa shape index (κ2) is 10.8. The Hall–Kier alpha value is -0.810. The number of fused-ring (bicyclic) bond motifs is 1. The highest BCUT2D eigenvalue weighted by Crippen LogP contribution is 2.33. The fourth-order valence-electron chi connectivity index (χ4n) is 5.11. The molecular formula is C22H35Cl2N3O. The largest absolute Gasteiger partial charge is 0.340 e. The molecule has 1 amide bonds. The van der Waals surface area contributed by atoms with Crippen LogP contribution in [0.15, 0.2) is 30.3 Å². The summed E-state index contributed by atoms with van der Waals surface area (Å²) in [5.74, 6) is 1.09. The fourth-order valence-corrected chi connectivity index (χ4v) is 5.11. The number of carbonyl (C=O) groups excluding carboxylic acids is 1. The lowest BCUT2D eigenvalue weighted by molar-refractivity contribution is -0.133. The third-order valence-electron chi connectivity index (χ3n) is 6.80. The quantitative estimate of drug-likeness (QED) is 0.794. The predicted octanol–water partition coefficient (Wildman–Crippen LogP) is 3.87. The lowest BCUT2D eigenvalue weighted by Crippen LogP contribution is -2.46. The summed E-state index contributed by atoms with van der Waals surface area (Å²) in [5.41, 5.74) is 1.36. The molecule has 1 aliphatic carbocycles. The summed E-state index contributed by atoms with van der Waals surface area (Å²) in [5, 5.41) is 3.67. The van der Waals surface area contributed by atoms with Gasteiger partial charge >= 0.3 is 0 Å². The highest BCUT2D eigenvalue weighted by molar-refractivity contribution is 5.85. The van der Waals surface area contributed by atoms with Crippen LogP contribution in [0.25, 0.3) is 0 Å². The van der Waals surface area contributed by atoms with Crippen LogP contribution in [0, 0.1) is 5.92 Å². The molecule has 2 heterocycles. The van der Waals surface area contributed by atoms with E-state index in [-0.39, 0.29) is 30.9 Å². The summed E-state index contributed by atoms with van der Waals surface area (Å²) < 4.78 is 0. The number of amides is 1. The Morgan fingerprint density at radius 1 is 1.04 bits per heavy atom. The molecule has 1 N–H and O–H groups in total. The molecule has 158 valence electrons. The van der Waals surface area contributed by atoms with E-state index >= 15 is 0 Å². The van der Waals surface area contributed by atoms with Crippen LogP contribution < -0.4 is 5.32 Å². The van der Waals surface area contributed by atoms with E-state index in [1.54, 1.807) is 0 Å². The maximum absolute atomic E-state index is 13.1. The van der Waals surface area contributed by atoms with E-state index in [4.69, 9.17) is 0 Å². The van der Waals surface area contributed by atoms with Gasteiger partial charge in [0.15, 0.2) is 0 Å². The molecule has 4 rings (SSSR count). The van der Waals surface area contributed by atoms with E-state index in [0.29, 0.717) is 18.0 Å². The van der Waals surface area contributed by atoms with Gasteiger partial charge in [-0.05, 0) is 44.1 Å². The van der Waals surface area contributed by atoms with Crippen molar-refractivity contribution in [2.24, 2.45) is 5.92 Å². The van der Waals surface area contributed by atoms with Crippen LogP contribution in [-0.4, -0.2) is 53.5 Å². The number of benzene rings is 1. The van der Waals surface area contributed by atoms with Gasteiger partial charge in [0.1, 0.15) is 0 Å². The molecule has 1 aromatic carbocycles. The third-order valence-corrected chi connectivity index (χ3v) is 6.80. The first-order chi connectivity index (χ1) is 12.7. The number of rotatable bonds is 3. The lowest BCUT2D eigenvalue weighted by atomic mass is 9.85. The van der Waals surface area contributed by atoms with Crippen molar-refractivity contribution in [3.05, 3.63) is 35.9 Å². The summed E-state index contributed by atoms with van der Waals surface area (Å²) >= 11 is 0. The minimum atomic E-state index is 0. The molecule has 3 aliphatic rings. The first kappa shape index (κ1) is 23.5. The molecule has 0 radical (unpaired) electrons. The Balaban J connectivity index is 0.00000140. The molecule has 0 bridgehead atoms. The van der Waals surface area contributed by atoms with E-state index in [9.17, 15) is 4.79 Å². The molecule has 0 aromatic heterocycles. The molecule has 4 unspecified atom stereocenters. The van der Waals surface area contributed by atoms with Gasteiger partial charge in [-0.3, -0.25) is 9.69 Å². The van der Waals surface area contributed by atoms with Crippen molar-refractivity contribution < 1.29 is 4.79 Å². The van der Waals surface area contributed by atoms with Gasteiger partial charge in [0.05, 0.1) is 6.04 Å². The Labute approximate surface area is 182 Å². The zero-order valence-corrected chi connectivity index (χ0v) is 18.5. The standard InChI is InChI=1S/C22H33N3O.2ClH/c1-17-11-12-24(13-14-25(17)16-18-7-3-2-4-8-18)22(26)21-15-19-9-5-6-10-20(19)23-21;;/h2-4,7-8,17,19-21,23H,5-6,9-16H2,1H3;2*1H. The van der Waals surface area contributed by atoms with Crippen LogP contribution in [0.5, 0.6) is 0 Å². The zero-order valence-electron chi connectivity index (χ0n) is 16.9. The number of nitrogens with zero attached hydrogens (tertiary/aromatic N) is 2. The van der Waals surface area contributed by atoms with Crippen LogP contribution in [-0.2, 0) is 11.3 Å². The van der Waals surface area contributed by atoms with Crippen LogP contribution in [0.4, 0.5) is 0 Å². The third kappa shape index (κ3) is 5.41. The molecule has 0 spiro atoms. The summed E-state index contributed by atoms with van der Waals surface area (Å²) in [4.78, 5) is 17.8. The van der Waals surface area contributed by atoms with Crippen molar-refractivity contribution in [3.8, 4) is 0 Å². The average molecular weight is 428 g/mol. The molecular weight excluding hydrogens is 393 g/mol. The van der Waals surface area contributed by atoms with Gasteiger partial charge in [-0.25, -0.2) is 0 Å². The van der Waals surface area contributed by atoms with Crippen molar-refractivity contribution in [1.29, 1.82) is 0 Å². The molecule has 2 aliphatic heterocycles. The molecule has 4 nitrogen and oxygen atoms in total. The maximum atomic E-state index is 13.1. The van der Waals surface area contributed by atoms with Gasteiger partial charge in [0.2, 0.25) is 5.91 Å². The Bertz CT molecular complexity index is 601. The highest BCUT2D eigenvalue weighted by atomic mass is 35.5. The van der Waals surface area contributed by atoms with Crippen molar-refractivity contribution in [2.75, 3.05) is 19.6 Å². The summed E-state index contributed by atoms with van der Waals surface area (Å²) in [7, 11) is 0. The Morgan fingerprint density at radius 3 is 2.54 bits per heavy atom. The van der Waals surface area contributed by atoms with Gasteiger partial charge in [-0.15, -0.1) is 24.8 Å². The number of nitrogens with one attached hydrogen (secondary N) is 1. The van der Waals surface area contributed by atoms with Crippen LogP contribution >= 0.6 is 24.8 Å². The first-order valence-corrected chi connectivity index (χ1v) is 10.5. The van der Waals surface area contributed by atoms with Crippen molar-refractivity contribution in [1.82, 2.24) is 15.1 Å². The van der Waals surface area contributed by atoms with E-state index in [2.05, 4.69) is 52.4 Å². The summed E-state index contributed by atoms with van der Waals surface area (Å²) in [6, 6.07) is 11.9. The number of hydrogen-bond acceptors (Lipinski definition) is 3. The van der Waals surface area contributed by atoms with Crippen LogP contribution in [0.1, 0.15) is 51.0 Å². The minimum absolute atomic E-state index is 0. The zero-order chi connectivity index (χ0) is 17.9. The van der Waals surface area contributed by atoms with E-state index in [0.717, 1.165) is 44.9 Å². The number of carbonyl (C=O) groups is 1. The maximum Gasteiger partial charge on any atom is 0.239 e. The van der Waals surface area contributed by atoms with Gasteiger partial charge < -0.3 is 10.2 Å². The Kier molecular flexibility index (Phi) is 9.07. The topological polar surface area (TPSA) is 35.6 Å². The van der Waals surface area contributed by atoms with Gasteiger partial charge in [0.25, 0.3) is 0 Å². The SMILES string of the molecule is CC1CCN(C(=O)C2CC3CCCCC3N2)CCN1Cc1ccccc1.Cl.Cl. The van der Waals surface area contributed by atoms with Crippen molar-refractivity contribution >= 4 is 30.7 Å². The molecule has 2 saturated heterocycles. The average Bonchev–Trinajstić information content (AvgIpc) is 3.03. The van der Waals surface area contributed by atoms with E-state index in [1.807, 2.05) is 0 Å². The van der Waals surface area contributed by atoms with E-state index < -0.39 is 0 Å². The normalized spacial score (nSPS) is 30.5. The monoisotopic (exact) mass is 427 g/mol. The van der Waals surface area contributed by atoms with Crippen molar-refractivity contribution in [3.63, 3.8) is 0 Å². The first-order valence-electron chi connectivity index (χ1n) is 10.5. The molecule has 4 atom stereocenters. The summed E-state index contributed by atoms with van der Waals surface area (Å²) in [6.07, 6.45) is 7.37. The number of hydrogen-bond donors (Lipinski definition) is 1. The molecule has 3 fully saturated rings. The lowest BCUT2D eigenvalue weighted by Gasteiger charge is -2.26. The Morgan fingerprint density at radius 2 is 1.79 bits per heavy atom. The van der Waals surface area contributed by atoms with Gasteiger partial charge in [-0.2, -0.15) is 0 Å². The fraction of sp³-hybridized carbons (Fsp3) is 0.682. The number of halogens is 2. The highest BCUT2D eigenvalue weighted by Gasteiger charge is 2.40. The molecule has 1 saturated carbocycles. The molecule has 1 aromatic rings. The van der Waals surface area contributed by atoms with Gasteiger partial charge in [0, 0.05) is 38.3 Å².